The summed E-state index contributed by atoms with van der Waals surface area (Å²) in [6.07, 6.45) is 3.37. The van der Waals surface area contributed by atoms with Crippen molar-refractivity contribution in [1.82, 2.24) is 4.98 Å². The first-order chi connectivity index (χ1) is 11.1. The summed E-state index contributed by atoms with van der Waals surface area (Å²) in [4.78, 5) is 17.4. The predicted molar refractivity (Wildman–Crippen MR) is 93.4 cm³/mol. The van der Waals surface area contributed by atoms with Gasteiger partial charge in [-0.2, -0.15) is 5.10 Å². The number of carbonyl (C=O) groups is 1. The number of aromatic amines is 1. The van der Waals surface area contributed by atoms with Crippen molar-refractivity contribution in [3.05, 3.63) is 65.5 Å². The molecule has 0 atom stereocenters. The number of nitrogens with one attached hydrogen (secondary N) is 1. The van der Waals surface area contributed by atoms with Crippen LogP contribution in [0.4, 0.5) is 5.69 Å². The lowest BCUT2D eigenvalue weighted by molar-refractivity contribution is -0.112. The number of amides is 1. The summed E-state index contributed by atoms with van der Waals surface area (Å²) in [6.45, 7) is 8.12. The molecule has 116 valence electrons. The van der Waals surface area contributed by atoms with Crippen LogP contribution in [0.25, 0.3) is 0 Å². The largest absolute Gasteiger partial charge is 0.362 e. The van der Waals surface area contributed by atoms with E-state index in [4.69, 9.17) is 0 Å². The normalized spacial score (nSPS) is 15.7. The number of para-hydroxylation sites is 1. The van der Waals surface area contributed by atoms with Crippen LogP contribution in [-0.4, -0.2) is 29.4 Å². The SMILES string of the molecule is C=CCN1C(=O)/C(=N/N=C/c2cc(C)[nH]c2C)c2ccccc21. The van der Waals surface area contributed by atoms with Gasteiger partial charge in [0.15, 0.2) is 5.71 Å². The molecule has 5 heteroatoms. The third-order valence-electron chi connectivity index (χ3n) is 3.75. The molecule has 0 saturated carbocycles. The third kappa shape index (κ3) is 2.73. The van der Waals surface area contributed by atoms with Gasteiger partial charge in [0.25, 0.3) is 5.91 Å². The number of aromatic nitrogens is 1. The molecular formula is C18H18N4O. The van der Waals surface area contributed by atoms with Crippen molar-refractivity contribution in [3.8, 4) is 0 Å². The smallest absolute Gasteiger partial charge is 0.279 e. The highest BCUT2D eigenvalue weighted by molar-refractivity contribution is 6.54. The fourth-order valence-corrected chi connectivity index (χ4v) is 2.70. The van der Waals surface area contributed by atoms with E-state index in [1.54, 1.807) is 17.2 Å². The molecule has 0 unspecified atom stereocenters. The highest BCUT2D eigenvalue weighted by atomic mass is 16.2. The molecule has 3 rings (SSSR count). The Morgan fingerprint density at radius 2 is 2.09 bits per heavy atom. The Balaban J connectivity index is 1.94. The van der Waals surface area contributed by atoms with Crippen molar-refractivity contribution in [2.24, 2.45) is 10.2 Å². The summed E-state index contributed by atoms with van der Waals surface area (Å²) < 4.78 is 0. The van der Waals surface area contributed by atoms with E-state index in [9.17, 15) is 4.79 Å². The van der Waals surface area contributed by atoms with Crippen LogP contribution in [0, 0.1) is 13.8 Å². The Bertz CT molecular complexity index is 829. The van der Waals surface area contributed by atoms with Gasteiger partial charge < -0.3 is 9.88 Å². The molecule has 5 nitrogen and oxygen atoms in total. The number of fused-ring (bicyclic) bond motifs is 1. The zero-order valence-electron chi connectivity index (χ0n) is 13.2. The Morgan fingerprint density at radius 1 is 1.30 bits per heavy atom. The molecule has 1 aliphatic heterocycles. The molecular weight excluding hydrogens is 288 g/mol. The van der Waals surface area contributed by atoms with E-state index in [1.165, 1.54) is 0 Å². The van der Waals surface area contributed by atoms with Crippen LogP contribution in [0.2, 0.25) is 0 Å². The number of H-pyrrole nitrogens is 1. The van der Waals surface area contributed by atoms with Crippen molar-refractivity contribution < 1.29 is 4.79 Å². The Hall–Kier alpha value is -2.95. The zero-order valence-corrected chi connectivity index (χ0v) is 13.2. The second-order valence-corrected chi connectivity index (χ2v) is 5.45. The van der Waals surface area contributed by atoms with Crippen LogP contribution in [0.1, 0.15) is 22.5 Å². The van der Waals surface area contributed by atoms with Crippen LogP contribution in [0.15, 0.2) is 53.2 Å². The van der Waals surface area contributed by atoms with Gasteiger partial charge in [0, 0.05) is 29.1 Å². The quantitative estimate of drug-likeness (QED) is 0.527. The van der Waals surface area contributed by atoms with Gasteiger partial charge in [0.2, 0.25) is 0 Å². The summed E-state index contributed by atoms with van der Waals surface area (Å²) in [6, 6.07) is 9.58. The fourth-order valence-electron chi connectivity index (χ4n) is 2.70. The third-order valence-corrected chi connectivity index (χ3v) is 3.75. The van der Waals surface area contributed by atoms with Gasteiger partial charge in [-0.1, -0.05) is 24.3 Å². The van der Waals surface area contributed by atoms with Crippen molar-refractivity contribution in [1.29, 1.82) is 0 Å². The first-order valence-corrected chi connectivity index (χ1v) is 7.41. The number of rotatable bonds is 4. The van der Waals surface area contributed by atoms with Gasteiger partial charge in [0.1, 0.15) is 0 Å². The molecule has 0 aliphatic carbocycles. The van der Waals surface area contributed by atoms with Crippen LogP contribution >= 0.6 is 0 Å². The minimum Gasteiger partial charge on any atom is -0.362 e. The Labute approximate surface area is 135 Å². The van der Waals surface area contributed by atoms with E-state index in [1.807, 2.05) is 44.2 Å². The summed E-state index contributed by atoms with van der Waals surface area (Å²) in [5.74, 6) is -0.148. The molecule has 0 bridgehead atoms. The predicted octanol–water partition coefficient (Wildman–Crippen LogP) is 2.99. The Morgan fingerprint density at radius 3 is 2.78 bits per heavy atom. The fraction of sp³-hybridized carbons (Fsp3) is 0.167. The van der Waals surface area contributed by atoms with Crippen molar-refractivity contribution in [3.63, 3.8) is 0 Å². The topological polar surface area (TPSA) is 60.8 Å². The van der Waals surface area contributed by atoms with E-state index in [-0.39, 0.29) is 5.91 Å². The van der Waals surface area contributed by atoms with Crippen molar-refractivity contribution in [2.75, 3.05) is 11.4 Å². The number of benzene rings is 1. The molecule has 0 radical (unpaired) electrons. The van der Waals surface area contributed by atoms with E-state index in [0.29, 0.717) is 12.3 Å². The van der Waals surface area contributed by atoms with Crippen LogP contribution in [0.5, 0.6) is 0 Å². The van der Waals surface area contributed by atoms with E-state index in [2.05, 4.69) is 21.8 Å². The molecule has 1 aromatic heterocycles. The average molecular weight is 306 g/mol. The van der Waals surface area contributed by atoms with Crippen LogP contribution < -0.4 is 4.90 Å². The van der Waals surface area contributed by atoms with Gasteiger partial charge >= 0.3 is 0 Å². The average Bonchev–Trinajstić information content (AvgIpc) is 2.99. The standard InChI is InChI=1S/C18H18N4O/c1-4-9-22-16-8-6-5-7-15(16)17(18(22)23)21-19-11-14-10-12(2)20-13(14)3/h4-8,10-11,20H,1,9H2,2-3H3/b19-11+,21-17+. The highest BCUT2D eigenvalue weighted by Crippen LogP contribution is 2.28. The number of hydrogen-bond donors (Lipinski definition) is 1. The van der Waals surface area contributed by atoms with Crippen molar-refractivity contribution in [2.45, 2.75) is 13.8 Å². The molecule has 0 spiro atoms. The lowest BCUT2D eigenvalue weighted by Crippen LogP contribution is -2.30. The lowest BCUT2D eigenvalue weighted by Gasteiger charge is -2.13. The molecule has 1 aliphatic rings. The molecule has 23 heavy (non-hydrogen) atoms. The maximum Gasteiger partial charge on any atom is 0.279 e. The van der Waals surface area contributed by atoms with E-state index < -0.39 is 0 Å². The molecule has 0 fully saturated rings. The van der Waals surface area contributed by atoms with Gasteiger partial charge in [-0.3, -0.25) is 4.79 Å². The molecule has 1 amide bonds. The first-order valence-electron chi connectivity index (χ1n) is 7.41. The van der Waals surface area contributed by atoms with E-state index >= 15 is 0 Å². The summed E-state index contributed by atoms with van der Waals surface area (Å²) in [5.41, 5.74) is 5.07. The number of aryl methyl sites for hydroxylation is 2. The van der Waals surface area contributed by atoms with Crippen LogP contribution in [0.3, 0.4) is 0 Å². The van der Waals surface area contributed by atoms with Gasteiger partial charge in [-0.15, -0.1) is 11.7 Å². The number of anilines is 1. The minimum absolute atomic E-state index is 0.148. The summed E-state index contributed by atoms with van der Waals surface area (Å²) >= 11 is 0. The number of hydrogen-bond acceptors (Lipinski definition) is 3. The van der Waals surface area contributed by atoms with Gasteiger partial charge in [0.05, 0.1) is 11.9 Å². The van der Waals surface area contributed by atoms with Gasteiger partial charge in [-0.25, -0.2) is 0 Å². The highest BCUT2D eigenvalue weighted by Gasteiger charge is 2.32. The van der Waals surface area contributed by atoms with Crippen LogP contribution in [-0.2, 0) is 4.79 Å². The minimum atomic E-state index is -0.148. The molecule has 2 heterocycles. The maximum absolute atomic E-state index is 12.5. The maximum atomic E-state index is 12.5. The molecule has 1 N–H and O–H groups in total. The summed E-state index contributed by atoms with van der Waals surface area (Å²) in [7, 11) is 0. The second-order valence-electron chi connectivity index (χ2n) is 5.45. The number of carbonyl (C=O) groups excluding carboxylic acids is 1. The molecule has 2 aromatic rings. The summed E-state index contributed by atoms with van der Waals surface area (Å²) in [5, 5.41) is 8.28. The Kier molecular flexibility index (Phi) is 3.93. The molecule has 0 saturated heterocycles. The number of nitrogens with zero attached hydrogens (tertiary/aromatic N) is 3. The van der Waals surface area contributed by atoms with Crippen molar-refractivity contribution >= 4 is 23.5 Å². The monoisotopic (exact) mass is 306 g/mol. The second kappa shape index (κ2) is 6.04. The van der Waals surface area contributed by atoms with E-state index in [0.717, 1.165) is 28.2 Å². The van der Waals surface area contributed by atoms with Gasteiger partial charge in [-0.05, 0) is 26.0 Å². The zero-order chi connectivity index (χ0) is 16.4. The lowest BCUT2D eigenvalue weighted by atomic mass is 10.1. The molecule has 1 aromatic carbocycles. The first kappa shape index (κ1) is 15.0.